The first-order chi connectivity index (χ1) is 11.7. The number of fused-ring (bicyclic) bond motifs is 1. The number of halogens is 1. The lowest BCUT2D eigenvalue weighted by Gasteiger charge is -2.04. The minimum Gasteiger partial charge on any atom is -0.347 e. The molecule has 0 unspecified atom stereocenters. The van der Waals surface area contributed by atoms with E-state index in [-0.39, 0.29) is 5.78 Å². The molecule has 1 heterocycles. The van der Waals surface area contributed by atoms with Crippen LogP contribution in [-0.4, -0.2) is 10.4 Å². The number of hydrogen-bond acceptors (Lipinski definition) is 1. The molecule has 0 saturated carbocycles. The Balaban J connectivity index is 1.94. The minimum absolute atomic E-state index is 0.108. The van der Waals surface area contributed by atoms with E-state index in [1.54, 1.807) is 0 Å². The fraction of sp³-hybridized carbons (Fsp3) is 0.286. The molecule has 0 N–H and O–H groups in total. The molecule has 0 bridgehead atoms. The van der Waals surface area contributed by atoms with Crippen molar-refractivity contribution in [1.82, 2.24) is 4.57 Å². The first kappa shape index (κ1) is 17.2. The van der Waals surface area contributed by atoms with Gasteiger partial charge in [-0.1, -0.05) is 56.5 Å². The van der Waals surface area contributed by atoms with Gasteiger partial charge in [0.1, 0.15) is 0 Å². The predicted octanol–water partition coefficient (Wildman–Crippen LogP) is 6.06. The van der Waals surface area contributed by atoms with Gasteiger partial charge in [0.05, 0.1) is 0 Å². The van der Waals surface area contributed by atoms with Gasteiger partial charge in [-0.05, 0) is 47.2 Å². The minimum atomic E-state index is 0.108. The Hall–Kier alpha value is -1.62. The molecule has 0 fully saturated rings. The molecule has 0 aliphatic heterocycles. The van der Waals surface area contributed by atoms with Gasteiger partial charge in [-0.2, -0.15) is 0 Å². The van der Waals surface area contributed by atoms with E-state index in [1.165, 1.54) is 19.3 Å². The largest absolute Gasteiger partial charge is 0.347 e. The highest BCUT2D eigenvalue weighted by Gasteiger charge is 2.16. The molecule has 3 heteroatoms. The molecule has 0 spiro atoms. The van der Waals surface area contributed by atoms with Gasteiger partial charge in [0.25, 0.3) is 0 Å². The van der Waals surface area contributed by atoms with E-state index in [2.05, 4.69) is 46.2 Å². The maximum absolute atomic E-state index is 13.0. The summed E-state index contributed by atoms with van der Waals surface area (Å²) in [5.41, 5.74) is 2.72. The molecule has 0 aliphatic rings. The summed E-state index contributed by atoms with van der Waals surface area (Å²) in [6.45, 7) is 3.20. The second-order valence-electron chi connectivity index (χ2n) is 6.15. The van der Waals surface area contributed by atoms with Crippen molar-refractivity contribution in [2.75, 3.05) is 0 Å². The lowest BCUT2D eigenvalue weighted by Crippen LogP contribution is -2.01. The van der Waals surface area contributed by atoms with Gasteiger partial charge in [0.2, 0.25) is 0 Å². The number of unbranched alkanes of at least 4 members (excludes halogenated alkanes) is 3. The van der Waals surface area contributed by atoms with Crippen molar-refractivity contribution in [1.29, 1.82) is 0 Å². The Labute approximate surface area is 157 Å². The zero-order valence-corrected chi connectivity index (χ0v) is 16.1. The fourth-order valence-electron chi connectivity index (χ4n) is 3.11. The molecule has 124 valence electrons. The Kier molecular flexibility index (Phi) is 5.72. The van der Waals surface area contributed by atoms with Crippen molar-refractivity contribution < 1.29 is 4.79 Å². The number of aromatic nitrogens is 1. The third-order valence-corrected chi connectivity index (χ3v) is 5.04. The number of carbonyl (C=O) groups excluding carboxylic acids is 1. The second kappa shape index (κ2) is 7.97. The number of para-hydroxylation sites is 1. The van der Waals surface area contributed by atoms with Gasteiger partial charge in [-0.3, -0.25) is 4.79 Å². The zero-order chi connectivity index (χ0) is 16.9. The quantitative estimate of drug-likeness (QED) is 0.253. The van der Waals surface area contributed by atoms with Gasteiger partial charge in [-0.25, -0.2) is 0 Å². The van der Waals surface area contributed by atoms with E-state index in [9.17, 15) is 4.79 Å². The predicted molar refractivity (Wildman–Crippen MR) is 109 cm³/mol. The van der Waals surface area contributed by atoms with Crippen molar-refractivity contribution in [3.05, 3.63) is 69.4 Å². The van der Waals surface area contributed by atoms with Crippen LogP contribution in [0.2, 0.25) is 0 Å². The molecule has 0 amide bonds. The van der Waals surface area contributed by atoms with E-state index in [0.29, 0.717) is 0 Å². The van der Waals surface area contributed by atoms with Gasteiger partial charge in [-0.15, -0.1) is 0 Å². The Morgan fingerprint density at radius 1 is 1.04 bits per heavy atom. The summed E-state index contributed by atoms with van der Waals surface area (Å²) in [5, 5.41) is 1.05. The van der Waals surface area contributed by atoms with Crippen LogP contribution in [0, 0.1) is 3.57 Å². The van der Waals surface area contributed by atoms with Crippen LogP contribution in [0.15, 0.2) is 54.7 Å². The highest BCUT2D eigenvalue weighted by Crippen LogP contribution is 2.25. The molecule has 3 aromatic rings. The van der Waals surface area contributed by atoms with Crippen LogP contribution >= 0.6 is 22.6 Å². The summed E-state index contributed by atoms with van der Waals surface area (Å²) in [5.74, 6) is 0.108. The van der Waals surface area contributed by atoms with E-state index in [1.807, 2.05) is 42.6 Å². The molecule has 0 aliphatic carbocycles. The molecule has 24 heavy (non-hydrogen) atoms. The Morgan fingerprint density at radius 3 is 2.67 bits per heavy atom. The Bertz CT molecular complexity index is 850. The lowest BCUT2D eigenvalue weighted by atomic mass is 10.0. The molecule has 3 rings (SSSR count). The molecule has 0 radical (unpaired) electrons. The van der Waals surface area contributed by atoms with Gasteiger partial charge >= 0.3 is 0 Å². The molecular weight excluding hydrogens is 409 g/mol. The number of rotatable bonds is 7. The van der Waals surface area contributed by atoms with Crippen LogP contribution in [-0.2, 0) is 6.54 Å². The van der Waals surface area contributed by atoms with Crippen LogP contribution in [0.25, 0.3) is 10.9 Å². The smallest absolute Gasteiger partial charge is 0.195 e. The second-order valence-corrected chi connectivity index (χ2v) is 7.40. The lowest BCUT2D eigenvalue weighted by molar-refractivity contribution is 0.104. The molecule has 0 atom stereocenters. The summed E-state index contributed by atoms with van der Waals surface area (Å²) in [6, 6.07) is 16.0. The summed E-state index contributed by atoms with van der Waals surface area (Å²) in [6.07, 6.45) is 6.95. The monoisotopic (exact) mass is 431 g/mol. The van der Waals surface area contributed by atoms with Gasteiger partial charge < -0.3 is 4.57 Å². The highest BCUT2D eigenvalue weighted by atomic mass is 127. The molecule has 2 aromatic carbocycles. The summed E-state index contributed by atoms with van der Waals surface area (Å²) in [7, 11) is 0. The maximum Gasteiger partial charge on any atom is 0.195 e. The average Bonchev–Trinajstić information content (AvgIpc) is 2.97. The van der Waals surface area contributed by atoms with E-state index < -0.39 is 0 Å². The van der Waals surface area contributed by atoms with Crippen molar-refractivity contribution in [3.63, 3.8) is 0 Å². The van der Waals surface area contributed by atoms with Crippen LogP contribution < -0.4 is 0 Å². The third kappa shape index (κ3) is 3.72. The number of carbonyl (C=O) groups is 1. The highest BCUT2D eigenvalue weighted by molar-refractivity contribution is 14.1. The number of ketones is 1. The molecular formula is C21H22INO. The zero-order valence-electron chi connectivity index (χ0n) is 14.0. The van der Waals surface area contributed by atoms with Gasteiger partial charge in [0, 0.05) is 38.3 Å². The SMILES string of the molecule is CCCCCCn1cc(C(=O)c2cccc(I)c2)c2ccccc21. The summed E-state index contributed by atoms with van der Waals surface area (Å²) < 4.78 is 3.33. The van der Waals surface area contributed by atoms with Gasteiger partial charge in [0.15, 0.2) is 5.78 Å². The first-order valence-electron chi connectivity index (χ1n) is 8.59. The first-order valence-corrected chi connectivity index (χ1v) is 9.66. The molecule has 1 aromatic heterocycles. The normalized spacial score (nSPS) is 11.1. The maximum atomic E-state index is 13.0. The number of benzene rings is 2. The number of nitrogens with zero attached hydrogens (tertiary/aromatic N) is 1. The van der Waals surface area contributed by atoms with Crippen LogP contribution in [0.1, 0.15) is 48.5 Å². The molecule has 0 saturated heterocycles. The van der Waals surface area contributed by atoms with Crippen LogP contribution in [0.3, 0.4) is 0 Å². The topological polar surface area (TPSA) is 22.0 Å². The molecule has 2 nitrogen and oxygen atoms in total. The van der Waals surface area contributed by atoms with Crippen molar-refractivity contribution in [3.8, 4) is 0 Å². The van der Waals surface area contributed by atoms with E-state index >= 15 is 0 Å². The average molecular weight is 431 g/mol. The van der Waals surface area contributed by atoms with Crippen molar-refractivity contribution >= 4 is 39.3 Å². The fourth-order valence-corrected chi connectivity index (χ4v) is 3.65. The standard InChI is InChI=1S/C21H22INO/c1-2-3-4-7-13-23-15-19(18-11-5-6-12-20(18)23)21(24)16-9-8-10-17(22)14-16/h5-6,8-12,14-15H,2-4,7,13H2,1H3. The van der Waals surface area contributed by atoms with Crippen molar-refractivity contribution in [2.45, 2.75) is 39.2 Å². The number of aryl methyl sites for hydroxylation is 1. The Morgan fingerprint density at radius 2 is 1.88 bits per heavy atom. The summed E-state index contributed by atoms with van der Waals surface area (Å²) >= 11 is 2.25. The van der Waals surface area contributed by atoms with Crippen LogP contribution in [0.4, 0.5) is 0 Å². The van der Waals surface area contributed by atoms with Crippen LogP contribution in [0.5, 0.6) is 0 Å². The third-order valence-electron chi connectivity index (χ3n) is 4.37. The number of hydrogen-bond donors (Lipinski definition) is 0. The van der Waals surface area contributed by atoms with E-state index in [0.717, 1.165) is 38.6 Å². The van der Waals surface area contributed by atoms with E-state index in [4.69, 9.17) is 0 Å². The summed E-state index contributed by atoms with van der Waals surface area (Å²) in [4.78, 5) is 13.0. The van der Waals surface area contributed by atoms with Crippen molar-refractivity contribution in [2.24, 2.45) is 0 Å².